The maximum absolute atomic E-state index is 5.66. The van der Waals surface area contributed by atoms with Crippen molar-refractivity contribution in [3.63, 3.8) is 0 Å². The summed E-state index contributed by atoms with van der Waals surface area (Å²) in [6.45, 7) is 8.60. The molecule has 0 heterocycles. The summed E-state index contributed by atoms with van der Waals surface area (Å²) in [5, 5.41) is 6.65. The highest BCUT2D eigenvalue weighted by molar-refractivity contribution is 14.0. The summed E-state index contributed by atoms with van der Waals surface area (Å²) in [5.41, 5.74) is 3.44. The highest BCUT2D eigenvalue weighted by Gasteiger charge is 2.13. The van der Waals surface area contributed by atoms with E-state index in [-0.39, 0.29) is 24.0 Å². The van der Waals surface area contributed by atoms with Crippen LogP contribution in [0.15, 0.2) is 41.4 Å². The molecule has 2 aromatic carbocycles. The molecule has 0 saturated carbocycles. The first-order chi connectivity index (χ1) is 13.6. The fraction of sp³-hybridized carbons (Fsp3) is 0.409. The molecule has 0 fully saturated rings. The maximum Gasteiger partial charge on any atom is 0.203 e. The van der Waals surface area contributed by atoms with Gasteiger partial charge in [0.15, 0.2) is 17.5 Å². The number of nitrogens with zero attached hydrogens (tertiary/aromatic N) is 1. The van der Waals surface area contributed by atoms with E-state index in [1.54, 1.807) is 14.2 Å². The van der Waals surface area contributed by atoms with Crippen molar-refractivity contribution < 1.29 is 14.2 Å². The summed E-state index contributed by atoms with van der Waals surface area (Å²) in [6.07, 6.45) is 0. The predicted molar refractivity (Wildman–Crippen MR) is 129 cm³/mol. The Balaban J connectivity index is 0.00000420. The summed E-state index contributed by atoms with van der Waals surface area (Å²) in [4.78, 5) is 4.69. The van der Waals surface area contributed by atoms with Crippen molar-refractivity contribution >= 4 is 29.9 Å². The van der Waals surface area contributed by atoms with Gasteiger partial charge in [-0.05, 0) is 44.0 Å². The third-order valence-corrected chi connectivity index (χ3v) is 4.12. The first-order valence-corrected chi connectivity index (χ1v) is 9.56. The van der Waals surface area contributed by atoms with Gasteiger partial charge in [0.1, 0.15) is 0 Å². The normalized spacial score (nSPS) is 10.7. The van der Waals surface area contributed by atoms with Crippen molar-refractivity contribution in [2.45, 2.75) is 33.9 Å². The minimum atomic E-state index is 0. The second kappa shape index (κ2) is 13.1. The van der Waals surface area contributed by atoms with E-state index in [4.69, 9.17) is 19.2 Å². The average molecular weight is 513 g/mol. The van der Waals surface area contributed by atoms with Crippen LogP contribution in [0.1, 0.15) is 30.5 Å². The number of rotatable bonds is 9. The molecular formula is C22H32IN3O3. The number of methoxy groups -OCH3 is 2. The lowest BCUT2D eigenvalue weighted by Gasteiger charge is -2.15. The van der Waals surface area contributed by atoms with Crippen LogP contribution in [0.4, 0.5) is 0 Å². The Labute approximate surface area is 191 Å². The minimum Gasteiger partial charge on any atom is -0.493 e. The Morgan fingerprint density at radius 1 is 0.966 bits per heavy atom. The number of hydrogen-bond donors (Lipinski definition) is 2. The Morgan fingerprint density at radius 2 is 1.66 bits per heavy atom. The number of ether oxygens (including phenoxy) is 3. The molecule has 0 amide bonds. The lowest BCUT2D eigenvalue weighted by atomic mass is 10.1. The SMILES string of the molecule is CCNC(=NCc1cc(OC)c(OCC)c(OC)c1)NCc1cccc(C)c1.I. The molecule has 0 saturated heterocycles. The van der Waals surface area contributed by atoms with Crippen molar-refractivity contribution in [2.75, 3.05) is 27.4 Å². The maximum atomic E-state index is 5.66. The van der Waals surface area contributed by atoms with Crippen LogP contribution < -0.4 is 24.8 Å². The summed E-state index contributed by atoms with van der Waals surface area (Å²) >= 11 is 0. The van der Waals surface area contributed by atoms with Gasteiger partial charge in [0.05, 0.1) is 27.4 Å². The zero-order chi connectivity index (χ0) is 20.4. The van der Waals surface area contributed by atoms with Gasteiger partial charge in [-0.25, -0.2) is 4.99 Å². The molecule has 2 N–H and O–H groups in total. The van der Waals surface area contributed by atoms with E-state index in [0.717, 1.165) is 18.1 Å². The van der Waals surface area contributed by atoms with Gasteiger partial charge in [-0.15, -0.1) is 24.0 Å². The van der Waals surface area contributed by atoms with E-state index in [9.17, 15) is 0 Å². The molecule has 0 aliphatic rings. The third-order valence-electron chi connectivity index (χ3n) is 4.12. The van der Waals surface area contributed by atoms with Crippen LogP contribution in [0.3, 0.4) is 0 Å². The van der Waals surface area contributed by atoms with E-state index < -0.39 is 0 Å². The van der Waals surface area contributed by atoms with Gasteiger partial charge in [0.2, 0.25) is 5.75 Å². The monoisotopic (exact) mass is 513 g/mol. The van der Waals surface area contributed by atoms with Crippen LogP contribution in [0.2, 0.25) is 0 Å². The Morgan fingerprint density at radius 3 is 2.21 bits per heavy atom. The molecule has 0 spiro atoms. The molecule has 2 aromatic rings. The molecule has 0 aromatic heterocycles. The lowest BCUT2D eigenvalue weighted by molar-refractivity contribution is 0.288. The predicted octanol–water partition coefficient (Wildman–Crippen LogP) is 4.28. The molecule has 0 aliphatic heterocycles. The molecule has 0 atom stereocenters. The molecule has 0 bridgehead atoms. The number of halogens is 1. The second-order valence-electron chi connectivity index (χ2n) is 6.30. The standard InChI is InChI=1S/C22H31N3O3.HI/c1-6-23-22(24-14-17-10-8-9-16(3)11-17)25-15-18-12-19(26-4)21(28-7-2)20(13-18)27-5;/h8-13H,6-7,14-15H2,1-5H3,(H2,23,24,25);1H. The lowest BCUT2D eigenvalue weighted by Crippen LogP contribution is -2.36. The van der Waals surface area contributed by atoms with Gasteiger partial charge < -0.3 is 24.8 Å². The zero-order valence-electron chi connectivity index (χ0n) is 17.9. The van der Waals surface area contributed by atoms with Crippen molar-refractivity contribution in [2.24, 2.45) is 4.99 Å². The molecular weight excluding hydrogens is 481 g/mol. The van der Waals surface area contributed by atoms with Crippen LogP contribution in [0, 0.1) is 6.92 Å². The first-order valence-electron chi connectivity index (χ1n) is 9.56. The molecule has 0 unspecified atom stereocenters. The largest absolute Gasteiger partial charge is 0.493 e. The highest BCUT2D eigenvalue weighted by Crippen LogP contribution is 2.38. The number of aliphatic imine (C=N–C) groups is 1. The van der Waals surface area contributed by atoms with Gasteiger partial charge in [0, 0.05) is 13.1 Å². The van der Waals surface area contributed by atoms with Gasteiger partial charge in [-0.1, -0.05) is 29.8 Å². The van der Waals surface area contributed by atoms with Crippen molar-refractivity contribution in [3.05, 3.63) is 53.1 Å². The van der Waals surface area contributed by atoms with E-state index in [2.05, 4.69) is 41.8 Å². The fourth-order valence-electron chi connectivity index (χ4n) is 2.83. The number of benzene rings is 2. The number of hydrogen-bond acceptors (Lipinski definition) is 4. The Kier molecular flexibility index (Phi) is 11.3. The minimum absolute atomic E-state index is 0. The summed E-state index contributed by atoms with van der Waals surface area (Å²) < 4.78 is 16.6. The topological polar surface area (TPSA) is 64.1 Å². The highest BCUT2D eigenvalue weighted by atomic mass is 127. The van der Waals surface area contributed by atoms with Gasteiger partial charge in [0.25, 0.3) is 0 Å². The number of aryl methyl sites for hydroxylation is 1. The van der Waals surface area contributed by atoms with Crippen LogP contribution in [0.5, 0.6) is 17.2 Å². The number of guanidine groups is 1. The molecule has 0 radical (unpaired) electrons. The number of nitrogens with one attached hydrogen (secondary N) is 2. The van der Waals surface area contributed by atoms with Crippen molar-refractivity contribution in [1.82, 2.24) is 10.6 Å². The second-order valence-corrected chi connectivity index (χ2v) is 6.30. The third kappa shape index (κ3) is 7.64. The van der Waals surface area contributed by atoms with E-state index in [0.29, 0.717) is 36.9 Å². The van der Waals surface area contributed by atoms with Crippen LogP contribution in [-0.4, -0.2) is 33.3 Å². The summed E-state index contributed by atoms with van der Waals surface area (Å²) in [5.74, 6) is 2.66. The van der Waals surface area contributed by atoms with Crippen LogP contribution >= 0.6 is 24.0 Å². The fourth-order valence-corrected chi connectivity index (χ4v) is 2.83. The van der Waals surface area contributed by atoms with Gasteiger partial charge in [-0.2, -0.15) is 0 Å². The Hall–Kier alpha value is -2.16. The quantitative estimate of drug-likeness (QED) is 0.298. The zero-order valence-corrected chi connectivity index (χ0v) is 20.2. The van der Waals surface area contributed by atoms with Crippen LogP contribution in [0.25, 0.3) is 0 Å². The summed E-state index contributed by atoms with van der Waals surface area (Å²) in [7, 11) is 3.25. The smallest absolute Gasteiger partial charge is 0.203 e. The summed E-state index contributed by atoms with van der Waals surface area (Å²) in [6, 6.07) is 12.3. The first kappa shape index (κ1) is 24.9. The average Bonchev–Trinajstić information content (AvgIpc) is 2.70. The Bertz CT molecular complexity index is 772. The molecule has 0 aliphatic carbocycles. The molecule has 29 heavy (non-hydrogen) atoms. The van der Waals surface area contributed by atoms with Crippen molar-refractivity contribution in [3.8, 4) is 17.2 Å². The van der Waals surface area contributed by atoms with Gasteiger partial charge >= 0.3 is 0 Å². The molecule has 2 rings (SSSR count). The van der Waals surface area contributed by atoms with Crippen molar-refractivity contribution in [1.29, 1.82) is 0 Å². The molecule has 6 nitrogen and oxygen atoms in total. The molecule has 7 heteroatoms. The van der Waals surface area contributed by atoms with E-state index >= 15 is 0 Å². The van der Waals surface area contributed by atoms with E-state index in [1.807, 2.05) is 26.0 Å². The molecule has 160 valence electrons. The van der Waals surface area contributed by atoms with Gasteiger partial charge in [-0.3, -0.25) is 0 Å². The van der Waals surface area contributed by atoms with Crippen LogP contribution in [-0.2, 0) is 13.1 Å². The van der Waals surface area contributed by atoms with E-state index in [1.165, 1.54) is 11.1 Å².